The summed E-state index contributed by atoms with van der Waals surface area (Å²) < 4.78 is 2.40. The molecule has 11 aromatic rings. The monoisotopic (exact) mass is 673 g/mol. The lowest BCUT2D eigenvalue weighted by Crippen LogP contribution is -1.97. The van der Waals surface area contributed by atoms with Crippen molar-refractivity contribution < 1.29 is 0 Å². The average Bonchev–Trinajstić information content (AvgIpc) is 3.56. The standard InChI is InChI=1S/C50H31N3/c1-2-10-32(11-3-1)39-22-26-43-45(30-39)51-50(52-49(43)40-19-18-33-12-4-5-14-36(33)28-40)35-20-24-41(25-21-35)53-46-27-23-34-13-8-9-17-42(34)48(46)44-29-37-15-6-7-16-38(37)31-47(44)53/h1-31H. The Balaban J connectivity index is 1.10. The van der Waals surface area contributed by atoms with Crippen molar-refractivity contribution in [1.29, 1.82) is 0 Å². The summed E-state index contributed by atoms with van der Waals surface area (Å²) in [6.07, 6.45) is 0. The Morgan fingerprint density at radius 2 is 0.981 bits per heavy atom. The van der Waals surface area contributed by atoms with E-state index in [1.807, 2.05) is 0 Å². The first-order valence-electron chi connectivity index (χ1n) is 18.1. The minimum atomic E-state index is 0.705. The van der Waals surface area contributed by atoms with E-state index >= 15 is 0 Å². The highest BCUT2D eigenvalue weighted by Crippen LogP contribution is 2.39. The van der Waals surface area contributed by atoms with Gasteiger partial charge >= 0.3 is 0 Å². The Labute approximate surface area is 306 Å². The molecule has 0 atom stereocenters. The zero-order valence-corrected chi connectivity index (χ0v) is 28.7. The quantitative estimate of drug-likeness (QED) is 0.186. The van der Waals surface area contributed by atoms with Crippen LogP contribution in [-0.2, 0) is 0 Å². The highest BCUT2D eigenvalue weighted by molar-refractivity contribution is 6.23. The Morgan fingerprint density at radius 3 is 1.79 bits per heavy atom. The van der Waals surface area contributed by atoms with Crippen molar-refractivity contribution in [1.82, 2.24) is 14.5 Å². The molecule has 0 N–H and O–H groups in total. The molecular weight excluding hydrogens is 643 g/mol. The Morgan fingerprint density at radius 1 is 0.340 bits per heavy atom. The van der Waals surface area contributed by atoms with Crippen molar-refractivity contribution in [2.24, 2.45) is 0 Å². The molecule has 0 aliphatic carbocycles. The number of rotatable bonds is 4. The maximum Gasteiger partial charge on any atom is 0.160 e. The third-order valence-electron chi connectivity index (χ3n) is 10.7. The normalized spacial score (nSPS) is 11.8. The Hall–Kier alpha value is -7.10. The van der Waals surface area contributed by atoms with Gasteiger partial charge in [0.1, 0.15) is 0 Å². The fourth-order valence-electron chi connectivity index (χ4n) is 8.14. The summed E-state index contributed by atoms with van der Waals surface area (Å²) in [7, 11) is 0. The smallest absolute Gasteiger partial charge is 0.160 e. The van der Waals surface area contributed by atoms with E-state index in [-0.39, 0.29) is 0 Å². The molecule has 9 aromatic carbocycles. The van der Waals surface area contributed by atoms with Gasteiger partial charge in [-0.2, -0.15) is 0 Å². The lowest BCUT2D eigenvalue weighted by molar-refractivity contribution is 1.18. The van der Waals surface area contributed by atoms with Crippen LogP contribution in [0.1, 0.15) is 0 Å². The summed E-state index contributed by atoms with van der Waals surface area (Å²) in [5, 5.41) is 10.9. The van der Waals surface area contributed by atoms with E-state index in [0.29, 0.717) is 5.82 Å². The molecule has 0 aliphatic heterocycles. The fraction of sp³-hybridized carbons (Fsp3) is 0. The minimum absolute atomic E-state index is 0.705. The van der Waals surface area contributed by atoms with Crippen molar-refractivity contribution in [3.63, 3.8) is 0 Å². The van der Waals surface area contributed by atoms with Crippen LogP contribution in [0, 0.1) is 0 Å². The molecule has 3 heteroatoms. The van der Waals surface area contributed by atoms with Crippen molar-refractivity contribution >= 4 is 65.0 Å². The largest absolute Gasteiger partial charge is 0.309 e. The van der Waals surface area contributed by atoms with Gasteiger partial charge in [0.05, 0.1) is 22.2 Å². The van der Waals surface area contributed by atoms with Crippen LogP contribution >= 0.6 is 0 Å². The van der Waals surface area contributed by atoms with Gasteiger partial charge in [0, 0.05) is 33.0 Å². The van der Waals surface area contributed by atoms with Gasteiger partial charge in [-0.1, -0.05) is 127 Å². The van der Waals surface area contributed by atoms with E-state index in [4.69, 9.17) is 9.97 Å². The van der Waals surface area contributed by atoms with Gasteiger partial charge < -0.3 is 4.57 Å². The van der Waals surface area contributed by atoms with Crippen molar-refractivity contribution in [3.05, 3.63) is 188 Å². The molecule has 3 nitrogen and oxygen atoms in total. The maximum absolute atomic E-state index is 5.29. The van der Waals surface area contributed by atoms with E-state index in [0.717, 1.165) is 44.5 Å². The van der Waals surface area contributed by atoms with Crippen LogP contribution in [0.25, 0.3) is 104 Å². The highest BCUT2D eigenvalue weighted by Gasteiger charge is 2.17. The second-order valence-corrected chi connectivity index (χ2v) is 13.8. The molecule has 0 radical (unpaired) electrons. The first-order valence-corrected chi connectivity index (χ1v) is 18.1. The second kappa shape index (κ2) is 11.7. The van der Waals surface area contributed by atoms with Gasteiger partial charge in [-0.15, -0.1) is 0 Å². The first-order chi connectivity index (χ1) is 26.2. The molecule has 0 spiro atoms. The van der Waals surface area contributed by atoms with Crippen molar-refractivity contribution in [2.45, 2.75) is 0 Å². The molecule has 246 valence electrons. The molecule has 2 heterocycles. The highest BCUT2D eigenvalue weighted by atomic mass is 15.0. The first kappa shape index (κ1) is 29.6. The summed E-state index contributed by atoms with van der Waals surface area (Å²) in [5.74, 6) is 0.705. The van der Waals surface area contributed by atoms with E-state index < -0.39 is 0 Å². The number of benzene rings is 9. The van der Waals surface area contributed by atoms with Crippen LogP contribution in [0.5, 0.6) is 0 Å². The number of nitrogens with zero attached hydrogens (tertiary/aromatic N) is 3. The zero-order chi connectivity index (χ0) is 34.9. The van der Waals surface area contributed by atoms with Crippen LogP contribution < -0.4 is 0 Å². The third-order valence-corrected chi connectivity index (χ3v) is 10.7. The molecule has 11 rings (SSSR count). The Bertz CT molecular complexity index is 3210. The third kappa shape index (κ3) is 4.82. The fourth-order valence-corrected chi connectivity index (χ4v) is 8.14. The molecule has 0 amide bonds. The van der Waals surface area contributed by atoms with Gasteiger partial charge in [0.2, 0.25) is 0 Å². The van der Waals surface area contributed by atoms with Crippen LogP contribution in [0.3, 0.4) is 0 Å². The number of fused-ring (bicyclic) bond motifs is 8. The maximum atomic E-state index is 5.29. The molecule has 0 saturated heterocycles. The van der Waals surface area contributed by atoms with E-state index in [9.17, 15) is 0 Å². The average molecular weight is 674 g/mol. The topological polar surface area (TPSA) is 30.7 Å². The molecule has 0 fully saturated rings. The van der Waals surface area contributed by atoms with Crippen LogP contribution in [0.2, 0.25) is 0 Å². The van der Waals surface area contributed by atoms with Crippen LogP contribution in [0.4, 0.5) is 0 Å². The Kier molecular flexibility index (Phi) is 6.55. The molecule has 0 aliphatic rings. The van der Waals surface area contributed by atoms with E-state index in [1.165, 1.54) is 54.1 Å². The summed E-state index contributed by atoms with van der Waals surface area (Å²) in [6, 6.07) is 67.4. The number of hydrogen-bond donors (Lipinski definition) is 0. The van der Waals surface area contributed by atoms with Crippen LogP contribution in [-0.4, -0.2) is 14.5 Å². The van der Waals surface area contributed by atoms with Gasteiger partial charge in [-0.25, -0.2) is 9.97 Å². The number of aromatic nitrogens is 3. The lowest BCUT2D eigenvalue weighted by Gasteiger charge is -2.13. The summed E-state index contributed by atoms with van der Waals surface area (Å²) in [6.45, 7) is 0. The second-order valence-electron chi connectivity index (χ2n) is 13.8. The predicted molar refractivity (Wildman–Crippen MR) is 223 cm³/mol. The van der Waals surface area contributed by atoms with Crippen LogP contribution in [0.15, 0.2) is 188 Å². The molecule has 0 bridgehead atoms. The van der Waals surface area contributed by atoms with Gasteiger partial charge in [-0.05, 0) is 104 Å². The lowest BCUT2D eigenvalue weighted by atomic mass is 9.99. The van der Waals surface area contributed by atoms with Gasteiger partial charge in [0.15, 0.2) is 5.82 Å². The molecular formula is C50H31N3. The SMILES string of the molecule is c1ccc(-c2ccc3c(-c4ccc5ccccc5c4)nc(-c4ccc(-n5c6cc7ccccc7cc6c6c7ccccc7ccc65)cc4)nc3c2)cc1. The van der Waals surface area contributed by atoms with Gasteiger partial charge in [0.25, 0.3) is 0 Å². The van der Waals surface area contributed by atoms with E-state index in [1.54, 1.807) is 0 Å². The molecule has 0 saturated carbocycles. The zero-order valence-electron chi connectivity index (χ0n) is 28.7. The predicted octanol–water partition coefficient (Wildman–Crippen LogP) is 13.2. The molecule has 53 heavy (non-hydrogen) atoms. The summed E-state index contributed by atoms with van der Waals surface area (Å²) in [4.78, 5) is 10.5. The van der Waals surface area contributed by atoms with Gasteiger partial charge in [-0.3, -0.25) is 0 Å². The summed E-state index contributed by atoms with van der Waals surface area (Å²) in [5.41, 5.74) is 9.68. The number of hydrogen-bond acceptors (Lipinski definition) is 2. The van der Waals surface area contributed by atoms with E-state index in [2.05, 4.69) is 193 Å². The van der Waals surface area contributed by atoms with Crippen molar-refractivity contribution in [3.8, 4) is 39.5 Å². The molecule has 2 aromatic heterocycles. The summed E-state index contributed by atoms with van der Waals surface area (Å²) >= 11 is 0. The molecule has 0 unspecified atom stereocenters. The van der Waals surface area contributed by atoms with Crippen molar-refractivity contribution in [2.75, 3.05) is 0 Å². The minimum Gasteiger partial charge on any atom is -0.309 e.